The standard InChI is InChI=1S/C17H18FNO4S/c1-9(17(21)22)19(10-6-7-10)16(20)15-11(8-23-2)14-12(18)4-3-5-13(14)24-15/h3-5,9-10H,6-8H2,1-2H3,(H,21,22). The van der Waals surface area contributed by atoms with Gasteiger partial charge >= 0.3 is 5.97 Å². The van der Waals surface area contributed by atoms with E-state index in [2.05, 4.69) is 0 Å². The highest BCUT2D eigenvalue weighted by atomic mass is 32.1. The molecule has 24 heavy (non-hydrogen) atoms. The summed E-state index contributed by atoms with van der Waals surface area (Å²) in [5, 5.41) is 9.69. The minimum Gasteiger partial charge on any atom is -0.480 e. The van der Waals surface area contributed by atoms with Crippen LogP contribution in [0.15, 0.2) is 18.2 Å². The molecular weight excluding hydrogens is 333 g/mol. The van der Waals surface area contributed by atoms with Gasteiger partial charge in [-0.2, -0.15) is 0 Å². The fraction of sp³-hybridized carbons (Fsp3) is 0.412. The lowest BCUT2D eigenvalue weighted by molar-refractivity contribution is -0.141. The lowest BCUT2D eigenvalue weighted by Gasteiger charge is -2.26. The summed E-state index contributed by atoms with van der Waals surface area (Å²) < 4.78 is 20.1. The summed E-state index contributed by atoms with van der Waals surface area (Å²) >= 11 is 1.18. The summed E-state index contributed by atoms with van der Waals surface area (Å²) in [5.74, 6) is -1.81. The van der Waals surface area contributed by atoms with Crippen molar-refractivity contribution in [1.29, 1.82) is 0 Å². The third-order valence-corrected chi connectivity index (χ3v) is 5.38. The number of methoxy groups -OCH3 is 1. The lowest BCUT2D eigenvalue weighted by atomic mass is 10.1. The zero-order valence-electron chi connectivity index (χ0n) is 13.4. The van der Waals surface area contributed by atoms with Crippen molar-refractivity contribution in [3.05, 3.63) is 34.5 Å². The average Bonchev–Trinajstić information content (AvgIpc) is 3.29. The smallest absolute Gasteiger partial charge is 0.326 e. The van der Waals surface area contributed by atoms with Gasteiger partial charge in [0.05, 0.1) is 11.5 Å². The monoisotopic (exact) mass is 351 g/mol. The van der Waals surface area contributed by atoms with Gasteiger partial charge in [0.2, 0.25) is 0 Å². The molecule has 2 aromatic rings. The van der Waals surface area contributed by atoms with Crippen LogP contribution in [-0.2, 0) is 16.1 Å². The molecule has 0 saturated heterocycles. The molecule has 0 aliphatic heterocycles. The van der Waals surface area contributed by atoms with Crippen molar-refractivity contribution in [3.63, 3.8) is 0 Å². The topological polar surface area (TPSA) is 66.8 Å². The predicted octanol–water partition coefficient (Wildman–Crippen LogP) is 3.26. The maximum absolute atomic E-state index is 14.2. The van der Waals surface area contributed by atoms with E-state index in [0.29, 0.717) is 20.5 Å². The Balaban J connectivity index is 2.10. The van der Waals surface area contributed by atoms with Crippen LogP contribution in [0, 0.1) is 5.82 Å². The van der Waals surface area contributed by atoms with Crippen LogP contribution in [0.3, 0.4) is 0 Å². The third-order valence-electron chi connectivity index (χ3n) is 4.20. The second-order valence-electron chi connectivity index (χ2n) is 5.91. The van der Waals surface area contributed by atoms with Gasteiger partial charge in [-0.3, -0.25) is 4.79 Å². The van der Waals surface area contributed by atoms with Crippen molar-refractivity contribution >= 4 is 33.3 Å². The first kappa shape index (κ1) is 16.9. The molecule has 3 rings (SSSR count). The Morgan fingerprint density at radius 1 is 1.46 bits per heavy atom. The molecule has 1 fully saturated rings. The van der Waals surface area contributed by atoms with Crippen LogP contribution in [0.2, 0.25) is 0 Å². The average molecular weight is 351 g/mol. The maximum Gasteiger partial charge on any atom is 0.326 e. The molecule has 1 atom stereocenters. The number of aliphatic carboxylic acids is 1. The first-order valence-electron chi connectivity index (χ1n) is 7.70. The molecule has 1 unspecified atom stereocenters. The summed E-state index contributed by atoms with van der Waals surface area (Å²) in [6, 6.07) is 3.71. The molecule has 1 heterocycles. The van der Waals surface area contributed by atoms with Gasteiger partial charge in [-0.25, -0.2) is 9.18 Å². The predicted molar refractivity (Wildman–Crippen MR) is 88.8 cm³/mol. The number of fused-ring (bicyclic) bond motifs is 1. The van der Waals surface area contributed by atoms with E-state index in [4.69, 9.17) is 4.74 Å². The summed E-state index contributed by atoms with van der Waals surface area (Å²) in [4.78, 5) is 26.2. The van der Waals surface area contributed by atoms with Gasteiger partial charge in [0.15, 0.2) is 0 Å². The van der Waals surface area contributed by atoms with E-state index in [9.17, 15) is 19.1 Å². The normalized spacial score (nSPS) is 15.5. The number of carbonyl (C=O) groups excluding carboxylic acids is 1. The highest BCUT2D eigenvalue weighted by Gasteiger charge is 2.40. The van der Waals surface area contributed by atoms with E-state index in [0.717, 1.165) is 12.8 Å². The van der Waals surface area contributed by atoms with Crippen LogP contribution < -0.4 is 0 Å². The van der Waals surface area contributed by atoms with Gasteiger partial charge in [0.25, 0.3) is 5.91 Å². The highest BCUT2D eigenvalue weighted by Crippen LogP contribution is 2.37. The number of halogens is 1. The Kier molecular flexibility index (Phi) is 4.56. The molecule has 7 heteroatoms. The number of nitrogens with zero attached hydrogens (tertiary/aromatic N) is 1. The maximum atomic E-state index is 14.2. The van der Waals surface area contributed by atoms with E-state index in [1.54, 1.807) is 12.1 Å². The minimum absolute atomic E-state index is 0.0611. The molecule has 1 N–H and O–H groups in total. The number of hydrogen-bond donors (Lipinski definition) is 1. The number of ether oxygens (including phenoxy) is 1. The molecule has 1 saturated carbocycles. The van der Waals surface area contributed by atoms with Crippen molar-refractivity contribution in [1.82, 2.24) is 4.90 Å². The van der Waals surface area contributed by atoms with Gasteiger partial charge < -0.3 is 14.7 Å². The molecule has 5 nitrogen and oxygen atoms in total. The molecule has 0 spiro atoms. The number of carboxylic acid groups (broad SMARTS) is 1. The molecular formula is C17H18FNO4S. The second-order valence-corrected chi connectivity index (χ2v) is 6.97. The fourth-order valence-corrected chi connectivity index (χ4v) is 4.04. The van der Waals surface area contributed by atoms with Gasteiger partial charge in [0.1, 0.15) is 11.9 Å². The zero-order chi connectivity index (χ0) is 17.4. The van der Waals surface area contributed by atoms with Crippen molar-refractivity contribution in [3.8, 4) is 0 Å². The fourth-order valence-electron chi connectivity index (χ4n) is 2.87. The van der Waals surface area contributed by atoms with Gasteiger partial charge in [0, 0.05) is 28.8 Å². The largest absolute Gasteiger partial charge is 0.480 e. The van der Waals surface area contributed by atoms with Crippen LogP contribution in [0.25, 0.3) is 10.1 Å². The van der Waals surface area contributed by atoms with Gasteiger partial charge in [-0.1, -0.05) is 6.07 Å². The summed E-state index contributed by atoms with van der Waals surface area (Å²) in [6.07, 6.45) is 1.59. The van der Waals surface area contributed by atoms with Crippen LogP contribution in [0.4, 0.5) is 4.39 Å². The number of carboxylic acids is 1. The molecule has 0 radical (unpaired) electrons. The van der Waals surface area contributed by atoms with Crippen molar-refractivity contribution < 1.29 is 23.8 Å². The van der Waals surface area contributed by atoms with Crippen molar-refractivity contribution in [2.24, 2.45) is 0 Å². The molecule has 1 aliphatic rings. The number of benzene rings is 1. The van der Waals surface area contributed by atoms with Gasteiger partial charge in [-0.15, -0.1) is 11.3 Å². The molecule has 1 aliphatic carbocycles. The van der Waals surface area contributed by atoms with Crippen LogP contribution in [0.1, 0.15) is 35.0 Å². The van der Waals surface area contributed by atoms with E-state index in [-0.39, 0.29) is 18.6 Å². The highest BCUT2D eigenvalue weighted by molar-refractivity contribution is 7.21. The Labute approximate surface area is 142 Å². The summed E-state index contributed by atoms with van der Waals surface area (Å²) in [6.45, 7) is 1.60. The number of thiophene rings is 1. The van der Waals surface area contributed by atoms with Crippen LogP contribution in [-0.4, -0.2) is 41.1 Å². The zero-order valence-corrected chi connectivity index (χ0v) is 14.2. The minimum atomic E-state index is -1.05. The SMILES string of the molecule is COCc1c(C(=O)N(C2CC2)C(C)C(=O)O)sc2cccc(F)c12. The van der Waals surface area contributed by atoms with Crippen LogP contribution >= 0.6 is 11.3 Å². The Hall–Kier alpha value is -1.99. The summed E-state index contributed by atoms with van der Waals surface area (Å²) in [5.41, 5.74) is 0.490. The third kappa shape index (κ3) is 2.89. The van der Waals surface area contributed by atoms with E-state index in [1.165, 1.54) is 36.3 Å². The first-order valence-corrected chi connectivity index (χ1v) is 8.51. The van der Waals surface area contributed by atoms with E-state index >= 15 is 0 Å². The molecule has 128 valence electrons. The second kappa shape index (κ2) is 6.49. The van der Waals surface area contributed by atoms with Crippen molar-refractivity contribution in [2.75, 3.05) is 7.11 Å². The first-order chi connectivity index (χ1) is 11.5. The Morgan fingerprint density at radius 2 is 2.17 bits per heavy atom. The van der Waals surface area contributed by atoms with Crippen LogP contribution in [0.5, 0.6) is 0 Å². The number of hydrogen-bond acceptors (Lipinski definition) is 4. The Bertz CT molecular complexity index is 799. The van der Waals surface area contributed by atoms with Crippen molar-refractivity contribution in [2.45, 2.75) is 38.5 Å². The lowest BCUT2D eigenvalue weighted by Crippen LogP contribution is -2.44. The van der Waals surface area contributed by atoms with Gasteiger partial charge in [-0.05, 0) is 31.9 Å². The molecule has 1 amide bonds. The number of amides is 1. The molecule has 1 aromatic carbocycles. The van der Waals surface area contributed by atoms with E-state index in [1.807, 2.05) is 0 Å². The quantitative estimate of drug-likeness (QED) is 0.867. The number of rotatable bonds is 6. The van der Waals surface area contributed by atoms with E-state index < -0.39 is 17.8 Å². The molecule has 0 bridgehead atoms. The molecule has 1 aromatic heterocycles. The number of carbonyl (C=O) groups is 2. The summed E-state index contributed by atoms with van der Waals surface area (Å²) in [7, 11) is 1.48. The Morgan fingerprint density at radius 3 is 2.75 bits per heavy atom.